The second-order valence-corrected chi connectivity index (χ2v) is 5.20. The normalized spacial score (nSPS) is 11.6. The van der Waals surface area contributed by atoms with Crippen LogP contribution in [0.2, 0.25) is 0 Å². The number of carboxylic acids is 2. The molecule has 0 atom stereocenters. The average Bonchev–Trinajstić information content (AvgIpc) is 2.43. The van der Waals surface area contributed by atoms with Gasteiger partial charge in [0.2, 0.25) is 0 Å². The van der Waals surface area contributed by atoms with Gasteiger partial charge in [-0.15, -0.1) is 0 Å². The molecule has 0 aromatic heterocycles. The van der Waals surface area contributed by atoms with Crippen LogP contribution in [0.5, 0.6) is 0 Å². The van der Waals surface area contributed by atoms with Crippen molar-refractivity contribution in [2.75, 3.05) is 0 Å². The molecule has 0 radical (unpaired) electrons. The van der Waals surface area contributed by atoms with E-state index in [-0.39, 0.29) is 12.0 Å². The highest BCUT2D eigenvalue weighted by Gasteiger charge is 2.05. The zero-order valence-corrected chi connectivity index (χ0v) is 12.5. The van der Waals surface area contributed by atoms with E-state index in [9.17, 15) is 18.0 Å². The highest BCUT2D eigenvalue weighted by Crippen LogP contribution is 2.02. The molecule has 0 saturated heterocycles. The Morgan fingerprint density at radius 1 is 1.14 bits per heavy atom. The van der Waals surface area contributed by atoms with Crippen LogP contribution < -0.4 is 0 Å². The molecule has 1 aromatic rings. The quantitative estimate of drug-likeness (QED) is 0.557. The van der Waals surface area contributed by atoms with Crippen LogP contribution >= 0.6 is 0 Å². The molecule has 0 bridgehead atoms. The Labute approximate surface area is 128 Å². The Hall–Kier alpha value is -2.45. The largest absolute Gasteiger partial charge is 0.478 e. The molecular formula is C14H16O7S. The van der Waals surface area contributed by atoms with Gasteiger partial charge in [-0.25, -0.2) is 9.59 Å². The van der Waals surface area contributed by atoms with Crippen LogP contribution in [0.3, 0.4) is 0 Å². The summed E-state index contributed by atoms with van der Waals surface area (Å²) >= 11 is 0. The maximum atomic E-state index is 10.3. The minimum absolute atomic E-state index is 0.0903. The maximum absolute atomic E-state index is 10.3. The van der Waals surface area contributed by atoms with Crippen molar-refractivity contribution in [3.63, 3.8) is 0 Å². The van der Waals surface area contributed by atoms with Crippen LogP contribution in [0.4, 0.5) is 0 Å². The summed E-state index contributed by atoms with van der Waals surface area (Å²) in [6, 6.07) is 8.86. The SMILES string of the molecule is CCC(=CC(=O)O)C(=O)O.O=S(=O)(O)C=Cc1ccccc1. The third kappa shape index (κ3) is 10.4. The van der Waals surface area contributed by atoms with E-state index in [1.807, 2.05) is 6.07 Å². The van der Waals surface area contributed by atoms with Gasteiger partial charge in [0.25, 0.3) is 10.1 Å². The van der Waals surface area contributed by atoms with Gasteiger partial charge in [-0.3, -0.25) is 4.55 Å². The lowest BCUT2D eigenvalue weighted by Gasteiger charge is -1.92. The van der Waals surface area contributed by atoms with E-state index in [0.29, 0.717) is 6.08 Å². The van der Waals surface area contributed by atoms with E-state index in [2.05, 4.69) is 0 Å². The molecule has 1 rings (SSSR count). The highest BCUT2D eigenvalue weighted by molar-refractivity contribution is 7.88. The van der Waals surface area contributed by atoms with Crippen molar-refractivity contribution in [3.8, 4) is 0 Å². The zero-order valence-electron chi connectivity index (χ0n) is 11.7. The van der Waals surface area contributed by atoms with Crippen LogP contribution in [0.1, 0.15) is 18.9 Å². The molecule has 0 aliphatic carbocycles. The molecule has 0 saturated carbocycles. The lowest BCUT2D eigenvalue weighted by Crippen LogP contribution is -2.02. The average molecular weight is 328 g/mol. The lowest BCUT2D eigenvalue weighted by molar-refractivity contribution is -0.135. The van der Waals surface area contributed by atoms with Crippen molar-refractivity contribution in [2.24, 2.45) is 0 Å². The molecule has 120 valence electrons. The maximum Gasteiger partial charge on any atom is 0.331 e. The lowest BCUT2D eigenvalue weighted by atomic mass is 10.2. The fourth-order valence-corrected chi connectivity index (χ4v) is 1.52. The number of benzene rings is 1. The van der Waals surface area contributed by atoms with E-state index >= 15 is 0 Å². The van der Waals surface area contributed by atoms with Crippen molar-refractivity contribution in [1.82, 2.24) is 0 Å². The molecule has 8 heteroatoms. The van der Waals surface area contributed by atoms with Crippen molar-refractivity contribution in [1.29, 1.82) is 0 Å². The Balaban J connectivity index is 0.000000409. The summed E-state index contributed by atoms with van der Waals surface area (Å²) in [7, 11) is -4.00. The van der Waals surface area contributed by atoms with E-state index in [4.69, 9.17) is 14.8 Å². The van der Waals surface area contributed by atoms with Gasteiger partial charge in [0.15, 0.2) is 0 Å². The van der Waals surface area contributed by atoms with Crippen molar-refractivity contribution in [3.05, 3.63) is 53.0 Å². The van der Waals surface area contributed by atoms with Gasteiger partial charge >= 0.3 is 11.9 Å². The van der Waals surface area contributed by atoms with E-state index < -0.39 is 22.1 Å². The fourth-order valence-electron chi connectivity index (χ4n) is 1.19. The third-order valence-electron chi connectivity index (χ3n) is 2.19. The Kier molecular flexibility index (Phi) is 8.42. The van der Waals surface area contributed by atoms with Crippen LogP contribution in [0, 0.1) is 0 Å². The van der Waals surface area contributed by atoms with Crippen molar-refractivity contribution in [2.45, 2.75) is 13.3 Å². The number of aliphatic carboxylic acids is 2. The minimum atomic E-state index is -4.00. The first kappa shape index (κ1) is 19.6. The third-order valence-corrected chi connectivity index (χ3v) is 2.67. The Morgan fingerprint density at radius 3 is 2.00 bits per heavy atom. The fraction of sp³-hybridized carbons (Fsp3) is 0.143. The number of hydrogen-bond donors (Lipinski definition) is 3. The van der Waals surface area contributed by atoms with Crippen LogP contribution in [-0.2, 0) is 19.7 Å². The first-order valence-corrected chi connectivity index (χ1v) is 7.53. The summed E-state index contributed by atoms with van der Waals surface area (Å²) in [5.74, 6) is -2.40. The Bertz CT molecular complexity index is 658. The minimum Gasteiger partial charge on any atom is -0.478 e. The van der Waals surface area contributed by atoms with Gasteiger partial charge in [0.1, 0.15) is 0 Å². The molecule has 0 aliphatic rings. The first-order chi connectivity index (χ1) is 10.2. The summed E-state index contributed by atoms with van der Waals surface area (Å²) in [5, 5.41) is 17.2. The molecule has 0 aliphatic heterocycles. The summed E-state index contributed by atoms with van der Waals surface area (Å²) < 4.78 is 28.9. The predicted octanol–water partition coefficient (Wildman–Crippen LogP) is 2.04. The van der Waals surface area contributed by atoms with Gasteiger partial charge in [-0.2, -0.15) is 8.42 Å². The molecule has 0 spiro atoms. The standard InChI is InChI=1S/C8H8O3S.C6H8O4/c9-12(10,11)7-6-8-4-2-1-3-5-8;1-2-4(6(9)10)3-5(7)8/h1-7H,(H,9,10,11);3H,2H2,1H3,(H,7,8)(H,9,10). The number of hydrogen-bond acceptors (Lipinski definition) is 4. The smallest absolute Gasteiger partial charge is 0.331 e. The second-order valence-electron chi connectivity index (χ2n) is 3.89. The summed E-state index contributed by atoms with van der Waals surface area (Å²) in [6.07, 6.45) is 2.25. The van der Waals surface area contributed by atoms with E-state index in [1.165, 1.54) is 6.08 Å². The second kappa shape index (κ2) is 9.48. The molecule has 0 amide bonds. The monoisotopic (exact) mass is 328 g/mol. The van der Waals surface area contributed by atoms with Gasteiger partial charge in [0.05, 0.1) is 5.41 Å². The predicted molar refractivity (Wildman–Crippen MR) is 80.7 cm³/mol. The van der Waals surface area contributed by atoms with Crippen LogP contribution in [0.25, 0.3) is 6.08 Å². The first-order valence-electron chi connectivity index (χ1n) is 6.03. The topological polar surface area (TPSA) is 129 Å². The van der Waals surface area contributed by atoms with Crippen LogP contribution in [-0.4, -0.2) is 35.1 Å². The number of rotatable bonds is 5. The molecule has 0 unspecified atom stereocenters. The molecular weight excluding hydrogens is 312 g/mol. The molecule has 22 heavy (non-hydrogen) atoms. The molecule has 0 fully saturated rings. The summed E-state index contributed by atoms with van der Waals surface area (Å²) in [5.41, 5.74) is 0.641. The summed E-state index contributed by atoms with van der Waals surface area (Å²) in [4.78, 5) is 20.1. The van der Waals surface area contributed by atoms with Crippen molar-refractivity contribution >= 4 is 28.1 Å². The number of carboxylic acid groups (broad SMARTS) is 2. The zero-order chi connectivity index (χ0) is 17.2. The van der Waals surface area contributed by atoms with E-state index in [1.54, 1.807) is 31.2 Å². The molecule has 3 N–H and O–H groups in total. The Morgan fingerprint density at radius 2 is 1.68 bits per heavy atom. The number of carbonyl (C=O) groups is 2. The van der Waals surface area contributed by atoms with Gasteiger partial charge < -0.3 is 10.2 Å². The molecule has 1 aromatic carbocycles. The van der Waals surface area contributed by atoms with Gasteiger partial charge in [-0.1, -0.05) is 37.3 Å². The van der Waals surface area contributed by atoms with Crippen LogP contribution in [0.15, 0.2) is 47.4 Å². The van der Waals surface area contributed by atoms with E-state index in [0.717, 1.165) is 11.0 Å². The van der Waals surface area contributed by atoms with Crippen molar-refractivity contribution < 1.29 is 32.8 Å². The highest BCUT2D eigenvalue weighted by atomic mass is 32.2. The summed E-state index contributed by atoms with van der Waals surface area (Å²) in [6.45, 7) is 1.59. The molecule has 7 nitrogen and oxygen atoms in total. The van der Waals surface area contributed by atoms with Gasteiger partial charge in [0, 0.05) is 11.6 Å². The van der Waals surface area contributed by atoms with Gasteiger partial charge in [-0.05, 0) is 18.1 Å². The molecule has 0 heterocycles.